The zero-order valence-electron chi connectivity index (χ0n) is 29.3. The van der Waals surface area contributed by atoms with Crippen LogP contribution < -0.4 is 0 Å². The number of hydrogen-bond acceptors (Lipinski definition) is 8. The molecule has 0 atom stereocenters. The van der Waals surface area contributed by atoms with E-state index in [4.69, 9.17) is 25.9 Å². The third-order valence-electron chi connectivity index (χ3n) is 9.20. The number of carbonyl (C=O) groups is 2. The standard InChI is InChI=1S/C44H32N6O4/c1-3-12-30-18-20-36-34(24-30)40(32-15-9-6-10-16-32)46-26-38-42(48-28-50(36)38)44(52)54-22-11-21-53-43(51)41-37-25-45-39(31-13-7-5-8-14-31)33-23-29(4-2)17-19-35(33)49(37)27-47-41/h2,5-10,13-20,23-24,27-28H,11,21-22,25-26H2,1H3. The van der Waals surface area contributed by atoms with Crippen LogP contribution in [-0.4, -0.2) is 55.7 Å². The highest BCUT2D eigenvalue weighted by molar-refractivity contribution is 6.16. The van der Waals surface area contributed by atoms with Gasteiger partial charge in [0.2, 0.25) is 0 Å². The Morgan fingerprint density at radius 1 is 0.685 bits per heavy atom. The lowest BCUT2D eigenvalue weighted by Gasteiger charge is -2.12. The monoisotopic (exact) mass is 708 g/mol. The largest absolute Gasteiger partial charge is 0.461 e. The molecular weight excluding hydrogens is 677 g/mol. The van der Waals surface area contributed by atoms with Crippen LogP contribution in [0.2, 0.25) is 0 Å². The Kier molecular flexibility index (Phi) is 9.23. The molecule has 0 N–H and O–H groups in total. The first-order valence-corrected chi connectivity index (χ1v) is 17.4. The van der Waals surface area contributed by atoms with Gasteiger partial charge in [-0.1, -0.05) is 72.5 Å². The van der Waals surface area contributed by atoms with Crippen LogP contribution in [0.1, 0.15) is 79.1 Å². The first-order chi connectivity index (χ1) is 26.5. The van der Waals surface area contributed by atoms with Crippen molar-refractivity contribution in [1.82, 2.24) is 19.1 Å². The number of rotatable bonds is 8. The first kappa shape index (κ1) is 33.8. The summed E-state index contributed by atoms with van der Waals surface area (Å²) in [5.74, 6) is 7.61. The third kappa shape index (κ3) is 6.38. The van der Waals surface area contributed by atoms with Crippen LogP contribution in [0.15, 0.2) is 120 Å². The van der Waals surface area contributed by atoms with Crippen LogP contribution in [0.4, 0.5) is 0 Å². The molecule has 4 aromatic carbocycles. The second kappa shape index (κ2) is 14.7. The summed E-state index contributed by atoms with van der Waals surface area (Å²) in [6.07, 6.45) is 9.22. The first-order valence-electron chi connectivity index (χ1n) is 17.4. The van der Waals surface area contributed by atoms with Gasteiger partial charge in [-0.3, -0.25) is 19.1 Å². The number of aliphatic imine (C=N–C) groups is 2. The molecule has 2 aliphatic rings. The summed E-state index contributed by atoms with van der Waals surface area (Å²) in [6, 6.07) is 31.3. The minimum absolute atomic E-state index is 0.0153. The molecular formula is C44H32N6O4. The van der Waals surface area contributed by atoms with Crippen LogP contribution in [0.5, 0.6) is 0 Å². The van der Waals surface area contributed by atoms with Crippen molar-refractivity contribution in [2.75, 3.05) is 13.2 Å². The van der Waals surface area contributed by atoms with Gasteiger partial charge in [0.25, 0.3) is 0 Å². The van der Waals surface area contributed by atoms with E-state index in [0.717, 1.165) is 56.2 Å². The summed E-state index contributed by atoms with van der Waals surface area (Å²) in [4.78, 5) is 45.3. The number of nitrogens with zero attached hydrogens (tertiary/aromatic N) is 6. The van der Waals surface area contributed by atoms with Gasteiger partial charge in [0, 0.05) is 39.8 Å². The minimum atomic E-state index is -0.589. The number of esters is 2. The molecule has 54 heavy (non-hydrogen) atoms. The van der Waals surface area contributed by atoms with Crippen LogP contribution in [0, 0.1) is 24.2 Å². The van der Waals surface area contributed by atoms with Crippen LogP contribution >= 0.6 is 0 Å². The molecule has 0 aliphatic carbocycles. The normalized spacial score (nSPS) is 12.4. The van der Waals surface area contributed by atoms with Gasteiger partial charge in [0.15, 0.2) is 11.4 Å². The van der Waals surface area contributed by atoms with Gasteiger partial charge in [-0.05, 0) is 43.3 Å². The molecule has 6 aromatic rings. The second-order valence-electron chi connectivity index (χ2n) is 12.5. The molecule has 8 rings (SSSR count). The Morgan fingerprint density at radius 2 is 1.17 bits per heavy atom. The Balaban J connectivity index is 0.945. The number of fused-ring (bicyclic) bond motifs is 6. The Bertz CT molecular complexity index is 2600. The quantitative estimate of drug-likeness (QED) is 0.101. The topological polar surface area (TPSA) is 113 Å². The fourth-order valence-electron chi connectivity index (χ4n) is 6.68. The molecule has 0 saturated heterocycles. The van der Waals surface area contributed by atoms with Crippen molar-refractivity contribution in [3.05, 3.63) is 166 Å². The van der Waals surface area contributed by atoms with Crippen LogP contribution in [0.25, 0.3) is 11.4 Å². The number of hydrogen-bond donors (Lipinski definition) is 0. The number of carbonyl (C=O) groups excluding carboxylic acids is 2. The van der Waals surface area contributed by atoms with Crippen molar-refractivity contribution < 1.29 is 19.1 Å². The number of terminal acetylenes is 1. The summed E-state index contributed by atoms with van der Waals surface area (Å²) >= 11 is 0. The maximum atomic E-state index is 13.3. The van der Waals surface area contributed by atoms with E-state index in [2.05, 4.69) is 27.7 Å². The van der Waals surface area contributed by atoms with Crippen molar-refractivity contribution >= 4 is 23.4 Å². The summed E-state index contributed by atoms with van der Waals surface area (Å²) in [6.45, 7) is 2.26. The van der Waals surface area contributed by atoms with Crippen molar-refractivity contribution in [2.45, 2.75) is 26.4 Å². The number of benzene rings is 4. The minimum Gasteiger partial charge on any atom is -0.461 e. The Labute approximate surface area is 311 Å². The second-order valence-corrected chi connectivity index (χ2v) is 12.5. The van der Waals surface area contributed by atoms with E-state index in [1.54, 1.807) is 19.6 Å². The summed E-state index contributed by atoms with van der Waals surface area (Å²) < 4.78 is 14.9. The molecule has 0 saturated carbocycles. The van der Waals surface area contributed by atoms with Crippen LogP contribution in [-0.2, 0) is 22.6 Å². The zero-order chi connectivity index (χ0) is 37.0. The van der Waals surface area contributed by atoms with E-state index in [1.165, 1.54) is 0 Å². The van der Waals surface area contributed by atoms with Gasteiger partial charge in [-0.25, -0.2) is 19.6 Å². The fourth-order valence-corrected chi connectivity index (χ4v) is 6.68. The van der Waals surface area contributed by atoms with E-state index in [-0.39, 0.29) is 44.1 Å². The van der Waals surface area contributed by atoms with Crippen molar-refractivity contribution in [3.63, 3.8) is 0 Å². The maximum absolute atomic E-state index is 13.3. The molecule has 0 fully saturated rings. The number of ether oxygens (including phenoxy) is 2. The van der Waals surface area contributed by atoms with E-state index in [0.29, 0.717) is 11.4 Å². The predicted molar refractivity (Wildman–Crippen MR) is 204 cm³/mol. The van der Waals surface area contributed by atoms with Gasteiger partial charge in [0.05, 0.1) is 60.5 Å². The van der Waals surface area contributed by atoms with E-state index in [9.17, 15) is 9.59 Å². The Morgan fingerprint density at radius 3 is 1.65 bits per heavy atom. The molecule has 262 valence electrons. The SMILES string of the molecule is C#Cc1ccc2c(c1)C(c1ccccc1)=NCc1c(C(=O)OCCCOC(=O)c3ncn4c3CN=C(c3ccccc3)c3cc(C#CC)ccc3-4)ncn1-2. The number of aromatic nitrogens is 4. The third-order valence-corrected chi connectivity index (χ3v) is 9.20. The van der Waals surface area contributed by atoms with Gasteiger partial charge < -0.3 is 9.47 Å². The molecule has 0 bridgehead atoms. The smallest absolute Gasteiger partial charge is 0.358 e. The van der Waals surface area contributed by atoms with E-state index in [1.807, 2.05) is 106 Å². The average Bonchev–Trinajstić information content (AvgIpc) is 3.75. The highest BCUT2D eigenvalue weighted by atomic mass is 16.5. The average molecular weight is 709 g/mol. The van der Waals surface area contributed by atoms with Gasteiger partial charge in [-0.15, -0.1) is 12.3 Å². The van der Waals surface area contributed by atoms with Crippen molar-refractivity contribution in [3.8, 4) is 35.6 Å². The lowest BCUT2D eigenvalue weighted by Crippen LogP contribution is -2.14. The molecule has 4 heterocycles. The highest BCUT2D eigenvalue weighted by Crippen LogP contribution is 2.30. The molecule has 10 heteroatoms. The van der Waals surface area contributed by atoms with Gasteiger partial charge in [0.1, 0.15) is 12.7 Å². The van der Waals surface area contributed by atoms with Crippen molar-refractivity contribution in [1.29, 1.82) is 0 Å². The zero-order valence-corrected chi connectivity index (χ0v) is 29.3. The Hall–Kier alpha value is -7.30. The van der Waals surface area contributed by atoms with Crippen molar-refractivity contribution in [2.24, 2.45) is 9.98 Å². The van der Waals surface area contributed by atoms with Gasteiger partial charge in [-0.2, -0.15) is 0 Å². The number of imidazole rings is 2. The molecule has 0 amide bonds. The predicted octanol–water partition coefficient (Wildman–Crippen LogP) is 6.52. The molecule has 0 radical (unpaired) electrons. The highest BCUT2D eigenvalue weighted by Gasteiger charge is 2.27. The van der Waals surface area contributed by atoms with E-state index < -0.39 is 11.9 Å². The fraction of sp³-hybridized carbons (Fsp3) is 0.136. The van der Waals surface area contributed by atoms with E-state index >= 15 is 0 Å². The van der Waals surface area contributed by atoms with Crippen LogP contribution in [0.3, 0.4) is 0 Å². The summed E-state index contributed by atoms with van der Waals surface area (Å²) in [7, 11) is 0. The molecule has 2 aromatic heterocycles. The lowest BCUT2D eigenvalue weighted by atomic mass is 9.98. The summed E-state index contributed by atoms with van der Waals surface area (Å²) in [5, 5.41) is 0. The molecule has 2 aliphatic heterocycles. The molecule has 0 spiro atoms. The molecule has 10 nitrogen and oxygen atoms in total. The summed E-state index contributed by atoms with van der Waals surface area (Å²) in [5.41, 5.74) is 9.98. The maximum Gasteiger partial charge on any atom is 0.358 e. The van der Waals surface area contributed by atoms with Gasteiger partial charge >= 0.3 is 11.9 Å². The lowest BCUT2D eigenvalue weighted by molar-refractivity contribution is 0.0388. The molecule has 0 unspecified atom stereocenters.